The zero-order chi connectivity index (χ0) is 12.4. The summed E-state index contributed by atoms with van der Waals surface area (Å²) in [5.74, 6) is 0.0275. The summed E-state index contributed by atoms with van der Waals surface area (Å²) in [6, 6.07) is 5.25. The van der Waals surface area contributed by atoms with Crippen LogP contribution in [0.4, 0.5) is 0 Å². The molecule has 0 spiro atoms. The summed E-state index contributed by atoms with van der Waals surface area (Å²) in [5, 5.41) is 8.33. The van der Waals surface area contributed by atoms with Gasteiger partial charge in [0.2, 0.25) is 0 Å². The lowest BCUT2D eigenvalue weighted by Gasteiger charge is -2.03. The Balaban J connectivity index is 2.20. The standard InChI is InChI=1S/C12H12ClN3O/c1-8-5-9(13)3-4-11(8)12(17)6-10-7-16(2)15-14-10/h3-5,7H,6H2,1-2H3. The lowest BCUT2D eigenvalue weighted by Crippen LogP contribution is -2.06. The number of aryl methyl sites for hydroxylation is 2. The van der Waals surface area contributed by atoms with Crippen LogP contribution in [0.5, 0.6) is 0 Å². The molecule has 4 nitrogen and oxygen atoms in total. The predicted molar refractivity (Wildman–Crippen MR) is 65.2 cm³/mol. The minimum atomic E-state index is 0.0275. The maximum Gasteiger partial charge on any atom is 0.169 e. The Hall–Kier alpha value is -1.68. The second-order valence-corrected chi connectivity index (χ2v) is 4.38. The highest BCUT2D eigenvalue weighted by atomic mass is 35.5. The second kappa shape index (κ2) is 4.67. The molecule has 0 amide bonds. The lowest BCUT2D eigenvalue weighted by molar-refractivity contribution is 0.0991. The van der Waals surface area contributed by atoms with Gasteiger partial charge in [-0.25, -0.2) is 0 Å². The Bertz CT molecular complexity index is 563. The monoisotopic (exact) mass is 249 g/mol. The summed E-state index contributed by atoms with van der Waals surface area (Å²) in [6.45, 7) is 1.87. The van der Waals surface area contributed by atoms with Crippen LogP contribution < -0.4 is 0 Å². The number of ketones is 1. The van der Waals surface area contributed by atoms with Crippen molar-refractivity contribution < 1.29 is 4.79 Å². The van der Waals surface area contributed by atoms with Gasteiger partial charge < -0.3 is 0 Å². The van der Waals surface area contributed by atoms with Crippen LogP contribution in [-0.2, 0) is 13.5 Å². The van der Waals surface area contributed by atoms with Crippen molar-refractivity contribution >= 4 is 17.4 Å². The van der Waals surface area contributed by atoms with Crippen molar-refractivity contribution in [3.05, 3.63) is 46.2 Å². The van der Waals surface area contributed by atoms with Crippen molar-refractivity contribution in [2.75, 3.05) is 0 Å². The van der Waals surface area contributed by atoms with Gasteiger partial charge in [0.25, 0.3) is 0 Å². The molecule has 2 rings (SSSR count). The second-order valence-electron chi connectivity index (χ2n) is 3.94. The molecule has 0 fully saturated rings. The number of nitrogens with zero attached hydrogens (tertiary/aromatic N) is 3. The van der Waals surface area contributed by atoms with Gasteiger partial charge in [-0.15, -0.1) is 5.10 Å². The van der Waals surface area contributed by atoms with Gasteiger partial charge in [-0.05, 0) is 30.7 Å². The Morgan fingerprint density at radius 3 is 2.82 bits per heavy atom. The number of benzene rings is 1. The molecule has 0 radical (unpaired) electrons. The number of carbonyl (C=O) groups is 1. The third-order valence-corrected chi connectivity index (χ3v) is 2.72. The number of aromatic nitrogens is 3. The van der Waals surface area contributed by atoms with Gasteiger partial charge in [0, 0.05) is 23.8 Å². The quantitative estimate of drug-likeness (QED) is 0.784. The molecule has 1 aromatic carbocycles. The predicted octanol–water partition coefficient (Wildman–Crippen LogP) is 2.20. The number of rotatable bonds is 3. The molecule has 0 aliphatic heterocycles. The molecule has 0 saturated heterocycles. The van der Waals surface area contributed by atoms with Crippen LogP contribution in [0.25, 0.3) is 0 Å². The fourth-order valence-corrected chi connectivity index (χ4v) is 1.90. The Morgan fingerprint density at radius 2 is 2.24 bits per heavy atom. The first-order valence-electron chi connectivity index (χ1n) is 5.21. The first-order valence-corrected chi connectivity index (χ1v) is 5.58. The molecule has 0 bridgehead atoms. The molecule has 0 aliphatic carbocycles. The Labute approximate surface area is 104 Å². The minimum Gasteiger partial charge on any atom is -0.294 e. The van der Waals surface area contributed by atoms with Crippen molar-refractivity contribution in [3.63, 3.8) is 0 Å². The molecule has 0 N–H and O–H groups in total. The van der Waals surface area contributed by atoms with Crippen LogP contribution in [0.2, 0.25) is 5.02 Å². The topological polar surface area (TPSA) is 47.8 Å². The zero-order valence-electron chi connectivity index (χ0n) is 9.64. The van der Waals surface area contributed by atoms with Gasteiger partial charge in [0.05, 0.1) is 12.1 Å². The van der Waals surface area contributed by atoms with E-state index in [9.17, 15) is 4.79 Å². The zero-order valence-corrected chi connectivity index (χ0v) is 10.4. The molecule has 1 aromatic heterocycles. The maximum atomic E-state index is 12.0. The lowest BCUT2D eigenvalue weighted by atomic mass is 10.0. The van der Waals surface area contributed by atoms with Crippen LogP contribution in [0.1, 0.15) is 21.6 Å². The van der Waals surface area contributed by atoms with Crippen molar-refractivity contribution in [2.45, 2.75) is 13.3 Å². The van der Waals surface area contributed by atoms with E-state index in [1.807, 2.05) is 6.92 Å². The van der Waals surface area contributed by atoms with Gasteiger partial charge >= 0.3 is 0 Å². The van der Waals surface area contributed by atoms with Crippen LogP contribution in [0.15, 0.2) is 24.4 Å². The van der Waals surface area contributed by atoms with Gasteiger partial charge in [0.15, 0.2) is 5.78 Å². The molecule has 1 heterocycles. The van der Waals surface area contributed by atoms with Gasteiger partial charge in [-0.2, -0.15) is 0 Å². The summed E-state index contributed by atoms with van der Waals surface area (Å²) in [7, 11) is 1.77. The van der Waals surface area contributed by atoms with Crippen LogP contribution in [0.3, 0.4) is 0 Å². The number of Topliss-reactive ketones (excluding diaryl/α,β-unsaturated/α-hetero) is 1. The van der Waals surface area contributed by atoms with Crippen LogP contribution >= 0.6 is 11.6 Å². The van der Waals surface area contributed by atoms with Crippen molar-refractivity contribution in [1.29, 1.82) is 0 Å². The van der Waals surface area contributed by atoms with E-state index in [1.54, 1.807) is 36.1 Å². The van der Waals surface area contributed by atoms with Crippen LogP contribution in [0, 0.1) is 6.92 Å². The van der Waals surface area contributed by atoms with Crippen molar-refractivity contribution in [1.82, 2.24) is 15.0 Å². The molecular weight excluding hydrogens is 238 g/mol. The summed E-state index contributed by atoms with van der Waals surface area (Å²) in [4.78, 5) is 12.0. The first-order chi connectivity index (χ1) is 8.06. The highest BCUT2D eigenvalue weighted by molar-refractivity contribution is 6.30. The normalized spacial score (nSPS) is 10.5. The largest absolute Gasteiger partial charge is 0.294 e. The summed E-state index contributed by atoms with van der Waals surface area (Å²) in [5.41, 5.74) is 2.23. The Kier molecular flexibility index (Phi) is 3.24. The van der Waals surface area contributed by atoms with Crippen molar-refractivity contribution in [3.8, 4) is 0 Å². The van der Waals surface area contributed by atoms with E-state index in [2.05, 4.69) is 10.3 Å². The van der Waals surface area contributed by atoms with E-state index in [0.29, 0.717) is 16.3 Å². The highest BCUT2D eigenvalue weighted by Gasteiger charge is 2.12. The minimum absolute atomic E-state index is 0.0275. The average molecular weight is 250 g/mol. The van der Waals surface area contributed by atoms with E-state index < -0.39 is 0 Å². The van der Waals surface area contributed by atoms with Crippen molar-refractivity contribution in [2.24, 2.45) is 7.05 Å². The van der Waals surface area contributed by atoms with Gasteiger partial charge in [-0.1, -0.05) is 16.8 Å². The summed E-state index contributed by atoms with van der Waals surface area (Å²) in [6.07, 6.45) is 2.00. The maximum absolute atomic E-state index is 12.0. The third-order valence-electron chi connectivity index (χ3n) is 2.48. The molecular formula is C12H12ClN3O. The molecule has 17 heavy (non-hydrogen) atoms. The van der Waals surface area contributed by atoms with Crippen LogP contribution in [-0.4, -0.2) is 20.8 Å². The number of carbonyl (C=O) groups excluding carboxylic acids is 1. The smallest absolute Gasteiger partial charge is 0.169 e. The molecule has 0 unspecified atom stereocenters. The average Bonchev–Trinajstić information content (AvgIpc) is 2.63. The van der Waals surface area contributed by atoms with E-state index in [-0.39, 0.29) is 12.2 Å². The summed E-state index contributed by atoms with van der Waals surface area (Å²) >= 11 is 5.85. The number of halogens is 1. The van der Waals surface area contributed by atoms with E-state index in [0.717, 1.165) is 5.56 Å². The van der Waals surface area contributed by atoms with E-state index >= 15 is 0 Å². The molecule has 0 aliphatic rings. The Morgan fingerprint density at radius 1 is 1.47 bits per heavy atom. The molecule has 0 saturated carbocycles. The van der Waals surface area contributed by atoms with Gasteiger partial charge in [0.1, 0.15) is 0 Å². The molecule has 5 heteroatoms. The number of hydrogen-bond donors (Lipinski definition) is 0. The highest BCUT2D eigenvalue weighted by Crippen LogP contribution is 2.16. The molecule has 2 aromatic rings. The van der Waals surface area contributed by atoms with E-state index in [1.165, 1.54) is 0 Å². The third kappa shape index (κ3) is 2.71. The SMILES string of the molecule is Cc1cc(Cl)ccc1C(=O)Cc1cn(C)nn1. The fourth-order valence-electron chi connectivity index (χ4n) is 1.68. The fraction of sp³-hybridized carbons (Fsp3) is 0.250. The summed E-state index contributed by atoms with van der Waals surface area (Å²) < 4.78 is 1.58. The number of hydrogen-bond acceptors (Lipinski definition) is 3. The van der Waals surface area contributed by atoms with Gasteiger partial charge in [-0.3, -0.25) is 9.48 Å². The molecule has 0 atom stereocenters. The molecule has 88 valence electrons. The first kappa shape index (κ1) is 11.8. The van der Waals surface area contributed by atoms with E-state index in [4.69, 9.17) is 11.6 Å².